The van der Waals surface area contributed by atoms with E-state index in [1.807, 2.05) is 0 Å². The standard InChI is InChI=1S/C21H24N4O6/c1-13-7-5-9-15(17(13)24(28)29)19(26)22-11-21(3,4)12-23-20(27)16-10-6-8-14(2)18(16)25(30)31/h5-10H,11-12H2,1-4H3,(H,22,26)(H,23,27). The fourth-order valence-corrected chi connectivity index (χ4v) is 3.06. The number of nitrogens with zero attached hydrogens (tertiary/aromatic N) is 2. The highest BCUT2D eigenvalue weighted by atomic mass is 16.6. The number of nitrogens with one attached hydrogen (secondary N) is 2. The molecule has 0 unspecified atom stereocenters. The number of nitro benzene ring substituents is 2. The maximum atomic E-state index is 12.5. The minimum atomic E-state index is -0.622. The summed E-state index contributed by atoms with van der Waals surface area (Å²) >= 11 is 0. The van der Waals surface area contributed by atoms with Crippen molar-refractivity contribution in [3.05, 3.63) is 78.9 Å². The average Bonchev–Trinajstić information content (AvgIpc) is 2.69. The topological polar surface area (TPSA) is 144 Å². The lowest BCUT2D eigenvalue weighted by Gasteiger charge is -2.25. The van der Waals surface area contributed by atoms with Gasteiger partial charge in [-0.25, -0.2) is 0 Å². The highest BCUT2D eigenvalue weighted by Crippen LogP contribution is 2.24. The van der Waals surface area contributed by atoms with Gasteiger partial charge < -0.3 is 10.6 Å². The molecule has 2 rings (SSSR count). The van der Waals surface area contributed by atoms with Crippen molar-refractivity contribution in [2.45, 2.75) is 27.7 Å². The summed E-state index contributed by atoms with van der Waals surface area (Å²) in [6.07, 6.45) is 0. The molecular weight excluding hydrogens is 404 g/mol. The number of carbonyl (C=O) groups excluding carboxylic acids is 2. The van der Waals surface area contributed by atoms with E-state index in [4.69, 9.17) is 0 Å². The fraction of sp³-hybridized carbons (Fsp3) is 0.333. The molecule has 0 saturated carbocycles. The molecule has 10 nitrogen and oxygen atoms in total. The van der Waals surface area contributed by atoms with Gasteiger partial charge in [-0.05, 0) is 31.4 Å². The largest absolute Gasteiger partial charge is 0.351 e. The van der Waals surface area contributed by atoms with Gasteiger partial charge in [0, 0.05) is 24.2 Å². The van der Waals surface area contributed by atoms with Gasteiger partial charge >= 0.3 is 0 Å². The van der Waals surface area contributed by atoms with Crippen molar-refractivity contribution in [3.63, 3.8) is 0 Å². The molecule has 2 aromatic carbocycles. The van der Waals surface area contributed by atoms with E-state index in [1.54, 1.807) is 52.0 Å². The maximum absolute atomic E-state index is 12.5. The first-order valence-corrected chi connectivity index (χ1v) is 9.49. The first-order chi connectivity index (χ1) is 14.4. The lowest BCUT2D eigenvalue weighted by atomic mass is 9.93. The lowest BCUT2D eigenvalue weighted by Crippen LogP contribution is -2.42. The minimum Gasteiger partial charge on any atom is -0.351 e. The van der Waals surface area contributed by atoms with Crippen LogP contribution < -0.4 is 10.6 Å². The quantitative estimate of drug-likeness (QED) is 0.487. The van der Waals surface area contributed by atoms with Crippen LogP contribution in [0.1, 0.15) is 45.7 Å². The average molecular weight is 428 g/mol. The summed E-state index contributed by atoms with van der Waals surface area (Å²) in [4.78, 5) is 46.4. The molecule has 0 spiro atoms. The summed E-state index contributed by atoms with van der Waals surface area (Å²) in [5, 5.41) is 27.9. The fourth-order valence-electron chi connectivity index (χ4n) is 3.06. The number of benzene rings is 2. The van der Waals surface area contributed by atoms with E-state index in [2.05, 4.69) is 10.6 Å². The number of hydrogen-bond acceptors (Lipinski definition) is 6. The van der Waals surface area contributed by atoms with E-state index in [0.29, 0.717) is 11.1 Å². The molecule has 2 amide bonds. The second-order valence-corrected chi connectivity index (χ2v) is 7.99. The van der Waals surface area contributed by atoms with Crippen LogP contribution in [0.25, 0.3) is 0 Å². The van der Waals surface area contributed by atoms with Crippen LogP contribution in [0.3, 0.4) is 0 Å². The molecule has 0 aromatic heterocycles. The Bertz CT molecular complexity index is 967. The molecule has 0 heterocycles. The number of amides is 2. The monoisotopic (exact) mass is 428 g/mol. The van der Waals surface area contributed by atoms with Gasteiger partial charge in [0.15, 0.2) is 0 Å². The van der Waals surface area contributed by atoms with Crippen molar-refractivity contribution in [3.8, 4) is 0 Å². The highest BCUT2D eigenvalue weighted by Gasteiger charge is 2.27. The van der Waals surface area contributed by atoms with Gasteiger partial charge in [0.2, 0.25) is 0 Å². The minimum absolute atomic E-state index is 0.0415. The Morgan fingerprint density at radius 1 is 0.806 bits per heavy atom. The van der Waals surface area contributed by atoms with Gasteiger partial charge in [-0.1, -0.05) is 38.1 Å². The van der Waals surface area contributed by atoms with Crippen molar-refractivity contribution in [1.29, 1.82) is 0 Å². The number of nitro groups is 2. The normalized spacial score (nSPS) is 11.0. The molecule has 0 bridgehead atoms. The molecule has 2 N–H and O–H groups in total. The number of carbonyl (C=O) groups is 2. The van der Waals surface area contributed by atoms with Gasteiger partial charge in [-0.2, -0.15) is 0 Å². The van der Waals surface area contributed by atoms with Gasteiger partial charge in [0.05, 0.1) is 9.85 Å². The van der Waals surface area contributed by atoms with Crippen LogP contribution in [0, 0.1) is 39.5 Å². The predicted octanol–water partition coefficient (Wildman–Crippen LogP) is 3.31. The van der Waals surface area contributed by atoms with Gasteiger partial charge in [0.1, 0.15) is 11.1 Å². The van der Waals surface area contributed by atoms with E-state index in [-0.39, 0.29) is 35.6 Å². The third-order valence-corrected chi connectivity index (χ3v) is 4.78. The van der Waals surface area contributed by atoms with Crippen molar-refractivity contribution < 1.29 is 19.4 Å². The van der Waals surface area contributed by atoms with Crippen molar-refractivity contribution in [2.24, 2.45) is 5.41 Å². The van der Waals surface area contributed by atoms with Crippen molar-refractivity contribution in [1.82, 2.24) is 10.6 Å². The Kier molecular flexibility index (Phi) is 7.06. The molecule has 0 atom stereocenters. The first kappa shape index (κ1) is 23.5. The molecule has 0 fully saturated rings. The Hall–Kier alpha value is -3.82. The van der Waals surface area contributed by atoms with Crippen LogP contribution >= 0.6 is 0 Å². The van der Waals surface area contributed by atoms with E-state index in [0.717, 1.165) is 0 Å². The molecule has 0 radical (unpaired) electrons. The van der Waals surface area contributed by atoms with Crippen LogP contribution in [0.15, 0.2) is 36.4 Å². The van der Waals surface area contributed by atoms with E-state index in [9.17, 15) is 29.8 Å². The smallest absolute Gasteiger partial charge is 0.285 e. The highest BCUT2D eigenvalue weighted by molar-refractivity contribution is 5.99. The lowest BCUT2D eigenvalue weighted by molar-refractivity contribution is -0.385. The molecule has 0 aliphatic carbocycles. The Morgan fingerprint density at radius 3 is 1.48 bits per heavy atom. The first-order valence-electron chi connectivity index (χ1n) is 9.49. The molecule has 0 saturated heterocycles. The second kappa shape index (κ2) is 9.33. The molecule has 0 aliphatic heterocycles. The SMILES string of the molecule is Cc1cccc(C(=O)NCC(C)(C)CNC(=O)c2cccc(C)c2[N+](=O)[O-])c1[N+](=O)[O-]. The van der Waals surface area contributed by atoms with Crippen molar-refractivity contribution in [2.75, 3.05) is 13.1 Å². The Morgan fingerprint density at radius 2 is 1.16 bits per heavy atom. The Labute approximate surface area is 179 Å². The zero-order valence-corrected chi connectivity index (χ0v) is 17.7. The van der Waals surface area contributed by atoms with Crippen molar-refractivity contribution >= 4 is 23.2 Å². The molecule has 164 valence electrons. The van der Waals surface area contributed by atoms with Gasteiger partial charge in [-0.3, -0.25) is 29.8 Å². The third-order valence-electron chi connectivity index (χ3n) is 4.78. The van der Waals surface area contributed by atoms with E-state index < -0.39 is 27.1 Å². The van der Waals surface area contributed by atoms with Crippen LogP contribution in [-0.4, -0.2) is 34.8 Å². The Balaban J connectivity index is 2.05. The number of aryl methyl sites for hydroxylation is 2. The molecule has 2 aromatic rings. The number of hydrogen-bond donors (Lipinski definition) is 2. The van der Waals surface area contributed by atoms with Crippen LogP contribution in [0.5, 0.6) is 0 Å². The van der Waals surface area contributed by atoms with Gasteiger partial charge in [0.25, 0.3) is 23.2 Å². The van der Waals surface area contributed by atoms with Crippen LogP contribution in [0.4, 0.5) is 11.4 Å². The molecule has 10 heteroatoms. The summed E-state index contributed by atoms with van der Waals surface area (Å²) in [5.74, 6) is -1.19. The van der Waals surface area contributed by atoms with E-state index in [1.165, 1.54) is 12.1 Å². The summed E-state index contributed by atoms with van der Waals surface area (Å²) in [6.45, 7) is 6.91. The van der Waals surface area contributed by atoms with Gasteiger partial charge in [-0.15, -0.1) is 0 Å². The van der Waals surface area contributed by atoms with Crippen LogP contribution in [0.2, 0.25) is 0 Å². The third kappa shape index (κ3) is 5.62. The van der Waals surface area contributed by atoms with E-state index >= 15 is 0 Å². The van der Waals surface area contributed by atoms with Crippen LogP contribution in [-0.2, 0) is 0 Å². The molecule has 0 aliphatic rings. The molecule has 31 heavy (non-hydrogen) atoms. The zero-order valence-electron chi connectivity index (χ0n) is 17.7. The summed E-state index contributed by atoms with van der Waals surface area (Å²) < 4.78 is 0. The summed E-state index contributed by atoms with van der Waals surface area (Å²) in [6, 6.07) is 9.00. The molecular formula is C21H24N4O6. The number of rotatable bonds is 8. The number of para-hydroxylation sites is 2. The maximum Gasteiger partial charge on any atom is 0.285 e. The second-order valence-electron chi connectivity index (χ2n) is 7.99. The predicted molar refractivity (Wildman–Crippen MR) is 114 cm³/mol. The summed E-state index contributed by atoms with van der Waals surface area (Å²) in [7, 11) is 0. The zero-order chi connectivity index (χ0) is 23.3. The summed E-state index contributed by atoms with van der Waals surface area (Å²) in [5.41, 5.74) is -0.452.